The molecule has 2 aromatic rings. The van der Waals surface area contributed by atoms with Crippen LogP contribution in [0.2, 0.25) is 0 Å². The van der Waals surface area contributed by atoms with Gasteiger partial charge in [-0.25, -0.2) is 9.78 Å². The number of anilines is 1. The third-order valence-corrected chi connectivity index (χ3v) is 1.96. The van der Waals surface area contributed by atoms with Gasteiger partial charge in [0.15, 0.2) is 5.69 Å². The van der Waals surface area contributed by atoms with Crippen molar-refractivity contribution in [3.8, 4) is 0 Å². The predicted molar refractivity (Wildman–Crippen MR) is 57.1 cm³/mol. The average molecular weight is 234 g/mol. The van der Waals surface area contributed by atoms with Crippen molar-refractivity contribution >= 4 is 11.8 Å². The van der Waals surface area contributed by atoms with Crippen molar-refractivity contribution in [2.24, 2.45) is 0 Å². The van der Waals surface area contributed by atoms with Crippen LogP contribution in [0.25, 0.3) is 0 Å². The van der Waals surface area contributed by atoms with Crippen LogP contribution < -0.4 is 5.32 Å². The first kappa shape index (κ1) is 11.0. The van der Waals surface area contributed by atoms with E-state index in [-0.39, 0.29) is 5.69 Å². The van der Waals surface area contributed by atoms with Gasteiger partial charge in [0.25, 0.3) is 0 Å². The number of carbonyl (C=O) groups excluding carboxylic acids is 1. The summed E-state index contributed by atoms with van der Waals surface area (Å²) in [5, 5.41) is 16.9. The summed E-state index contributed by atoms with van der Waals surface area (Å²) in [4.78, 5) is 15.0. The number of esters is 1. The Morgan fingerprint density at radius 1 is 1.47 bits per heavy atom. The van der Waals surface area contributed by atoms with Crippen molar-refractivity contribution in [3.63, 3.8) is 0 Å². The predicted octanol–water partition coefficient (Wildman–Crippen LogP) is -0.00660. The lowest BCUT2D eigenvalue weighted by molar-refractivity contribution is 0.0593. The van der Waals surface area contributed by atoms with Crippen molar-refractivity contribution in [2.75, 3.05) is 12.4 Å². The van der Waals surface area contributed by atoms with Gasteiger partial charge in [-0.2, -0.15) is 5.10 Å². The molecule has 8 heteroatoms. The van der Waals surface area contributed by atoms with Gasteiger partial charge in [0.1, 0.15) is 18.0 Å². The van der Waals surface area contributed by atoms with Crippen LogP contribution in [0.15, 0.2) is 18.5 Å². The Bertz CT molecular complexity index is 481. The van der Waals surface area contributed by atoms with E-state index in [1.54, 1.807) is 6.07 Å². The van der Waals surface area contributed by atoms with Crippen molar-refractivity contribution in [1.82, 2.24) is 25.4 Å². The van der Waals surface area contributed by atoms with Gasteiger partial charge >= 0.3 is 5.97 Å². The zero-order chi connectivity index (χ0) is 12.1. The van der Waals surface area contributed by atoms with Crippen LogP contribution in [-0.2, 0) is 11.3 Å². The summed E-state index contributed by atoms with van der Waals surface area (Å²) in [5.41, 5.74) is 0.165. The summed E-state index contributed by atoms with van der Waals surface area (Å²) in [7, 11) is 1.29. The lowest BCUT2D eigenvalue weighted by atomic mass is 10.4. The molecule has 0 aliphatic rings. The molecule has 0 aliphatic carbocycles. The number of ether oxygens (including phenoxy) is 1. The molecule has 0 saturated heterocycles. The third kappa shape index (κ3) is 2.74. The Morgan fingerprint density at radius 3 is 2.94 bits per heavy atom. The molecular weight excluding hydrogens is 224 g/mol. The molecule has 2 N–H and O–H groups in total. The molecule has 0 fully saturated rings. The first-order valence-corrected chi connectivity index (χ1v) is 4.80. The fourth-order valence-electron chi connectivity index (χ4n) is 1.13. The van der Waals surface area contributed by atoms with Crippen LogP contribution >= 0.6 is 0 Å². The van der Waals surface area contributed by atoms with Crippen LogP contribution in [0.4, 0.5) is 5.82 Å². The molecular formula is C9H10N6O2. The number of aromatic amines is 1. The highest BCUT2D eigenvalue weighted by molar-refractivity contribution is 5.86. The van der Waals surface area contributed by atoms with E-state index in [0.717, 1.165) is 0 Å². The largest absolute Gasteiger partial charge is 0.464 e. The molecule has 17 heavy (non-hydrogen) atoms. The van der Waals surface area contributed by atoms with Gasteiger partial charge in [0.2, 0.25) is 0 Å². The normalized spacial score (nSPS) is 9.94. The molecule has 0 radical (unpaired) electrons. The number of methoxy groups -OCH3 is 1. The average Bonchev–Trinajstić information content (AvgIpc) is 2.89. The van der Waals surface area contributed by atoms with Gasteiger partial charge in [-0.05, 0) is 12.1 Å². The monoisotopic (exact) mass is 234 g/mol. The fourth-order valence-corrected chi connectivity index (χ4v) is 1.13. The molecule has 88 valence electrons. The zero-order valence-corrected chi connectivity index (χ0v) is 9.04. The van der Waals surface area contributed by atoms with Crippen molar-refractivity contribution in [1.29, 1.82) is 0 Å². The molecule has 0 aliphatic heterocycles. The second kappa shape index (κ2) is 5.01. The summed E-state index contributed by atoms with van der Waals surface area (Å²) in [5.74, 6) is 0.706. The maximum atomic E-state index is 11.1. The van der Waals surface area contributed by atoms with E-state index in [1.807, 2.05) is 0 Å². The number of aromatic nitrogens is 5. The Labute approximate surface area is 96.4 Å². The van der Waals surface area contributed by atoms with Crippen molar-refractivity contribution in [2.45, 2.75) is 6.54 Å². The number of nitrogens with zero attached hydrogens (tertiary/aromatic N) is 4. The second-order valence-corrected chi connectivity index (χ2v) is 3.08. The summed E-state index contributed by atoms with van der Waals surface area (Å²) in [6.07, 6.45) is 1.42. The highest BCUT2D eigenvalue weighted by Gasteiger charge is 2.07. The number of rotatable bonds is 4. The Balaban J connectivity index is 1.96. The van der Waals surface area contributed by atoms with E-state index in [4.69, 9.17) is 0 Å². The Morgan fingerprint density at radius 2 is 2.35 bits per heavy atom. The number of hydrogen-bond donors (Lipinski definition) is 2. The maximum absolute atomic E-state index is 11.1. The van der Waals surface area contributed by atoms with Gasteiger partial charge < -0.3 is 10.1 Å². The SMILES string of the molecule is COC(=O)c1ccc(NCc2ncn[nH]2)nn1. The van der Waals surface area contributed by atoms with E-state index in [9.17, 15) is 4.79 Å². The quantitative estimate of drug-likeness (QED) is 0.717. The molecule has 0 aromatic carbocycles. The van der Waals surface area contributed by atoms with Crippen molar-refractivity contribution < 1.29 is 9.53 Å². The van der Waals surface area contributed by atoms with Crippen molar-refractivity contribution in [3.05, 3.63) is 30.0 Å². The minimum absolute atomic E-state index is 0.165. The van der Waals surface area contributed by atoms with E-state index in [0.29, 0.717) is 18.2 Å². The van der Waals surface area contributed by atoms with E-state index < -0.39 is 5.97 Å². The summed E-state index contributed by atoms with van der Waals surface area (Å²) < 4.78 is 4.51. The van der Waals surface area contributed by atoms with Gasteiger partial charge in [-0.15, -0.1) is 10.2 Å². The van der Waals surface area contributed by atoms with E-state index >= 15 is 0 Å². The van der Waals surface area contributed by atoms with Gasteiger partial charge in [-0.3, -0.25) is 5.10 Å². The highest BCUT2D eigenvalue weighted by Crippen LogP contribution is 2.03. The molecule has 8 nitrogen and oxygen atoms in total. The number of hydrogen-bond acceptors (Lipinski definition) is 7. The minimum atomic E-state index is -0.515. The summed E-state index contributed by atoms with van der Waals surface area (Å²) in [6, 6.07) is 3.16. The molecule has 0 bridgehead atoms. The molecule has 0 amide bonds. The highest BCUT2D eigenvalue weighted by atomic mass is 16.5. The van der Waals surface area contributed by atoms with Crippen LogP contribution in [0.5, 0.6) is 0 Å². The zero-order valence-electron chi connectivity index (χ0n) is 9.04. The first-order chi connectivity index (χ1) is 8.29. The minimum Gasteiger partial charge on any atom is -0.464 e. The fraction of sp³-hybridized carbons (Fsp3) is 0.222. The van der Waals surface area contributed by atoms with Crippen LogP contribution in [0, 0.1) is 0 Å². The lowest BCUT2D eigenvalue weighted by Crippen LogP contribution is -2.08. The third-order valence-electron chi connectivity index (χ3n) is 1.96. The van der Waals surface area contributed by atoms with E-state index in [1.165, 1.54) is 19.5 Å². The van der Waals surface area contributed by atoms with Crippen LogP contribution in [0.1, 0.15) is 16.3 Å². The number of nitrogens with one attached hydrogen (secondary N) is 2. The van der Waals surface area contributed by atoms with Gasteiger partial charge in [0.05, 0.1) is 13.7 Å². The Kier molecular flexibility index (Phi) is 3.24. The summed E-state index contributed by atoms with van der Waals surface area (Å²) >= 11 is 0. The molecule has 0 unspecified atom stereocenters. The van der Waals surface area contributed by atoms with Gasteiger partial charge in [0, 0.05) is 0 Å². The maximum Gasteiger partial charge on any atom is 0.358 e. The molecule has 0 spiro atoms. The second-order valence-electron chi connectivity index (χ2n) is 3.08. The molecule has 2 rings (SSSR count). The molecule has 0 saturated carbocycles. The van der Waals surface area contributed by atoms with Gasteiger partial charge in [-0.1, -0.05) is 0 Å². The Hall–Kier alpha value is -2.51. The lowest BCUT2D eigenvalue weighted by Gasteiger charge is -2.02. The topological polar surface area (TPSA) is 106 Å². The molecule has 2 heterocycles. The van der Waals surface area contributed by atoms with E-state index in [2.05, 4.69) is 35.4 Å². The van der Waals surface area contributed by atoms with Crippen LogP contribution in [-0.4, -0.2) is 38.5 Å². The number of H-pyrrole nitrogens is 1. The van der Waals surface area contributed by atoms with Crippen LogP contribution in [0.3, 0.4) is 0 Å². The smallest absolute Gasteiger partial charge is 0.358 e. The molecule has 2 aromatic heterocycles. The number of carbonyl (C=O) groups is 1. The molecule has 0 atom stereocenters. The first-order valence-electron chi connectivity index (χ1n) is 4.80. The summed E-state index contributed by atoms with van der Waals surface area (Å²) in [6.45, 7) is 0.451. The standard InChI is InChI=1S/C9H10N6O2/c1-17-9(16)6-2-3-7(15-13-6)10-4-8-11-5-12-14-8/h2-3,5H,4H2,1H3,(H,10,15)(H,11,12,14).